The van der Waals surface area contributed by atoms with Crippen LogP contribution in [-0.4, -0.2) is 43.0 Å². The second kappa shape index (κ2) is 6.62. The van der Waals surface area contributed by atoms with Gasteiger partial charge in [-0.3, -0.25) is 4.90 Å². The summed E-state index contributed by atoms with van der Waals surface area (Å²) in [4.78, 5) is 2.52. The van der Waals surface area contributed by atoms with Crippen LogP contribution in [0, 0.1) is 11.3 Å². The molecule has 1 atom stereocenters. The van der Waals surface area contributed by atoms with Crippen LogP contribution in [0.1, 0.15) is 59.3 Å². The standard InChI is InChI=1S/C19H33NO2/c1-18(2,3)16-7-10-19(11-8-16)21-15-17(22-19)9-14-20-12-5-4-6-13-20/h4-5,16-17H,6-15H2,1-3H3. The van der Waals surface area contributed by atoms with Gasteiger partial charge in [0.1, 0.15) is 0 Å². The van der Waals surface area contributed by atoms with Crippen LogP contribution in [0.2, 0.25) is 0 Å². The average Bonchev–Trinajstić information content (AvgIpc) is 2.89. The minimum absolute atomic E-state index is 0.242. The lowest BCUT2D eigenvalue weighted by molar-refractivity contribution is -0.197. The maximum absolute atomic E-state index is 6.38. The van der Waals surface area contributed by atoms with Crippen molar-refractivity contribution in [2.45, 2.75) is 71.2 Å². The SMILES string of the molecule is CC(C)(C)C1CCC2(CC1)OCC(CCN1CC=CCC1)O2. The molecule has 1 saturated carbocycles. The van der Waals surface area contributed by atoms with Gasteiger partial charge in [-0.1, -0.05) is 32.9 Å². The third-order valence-electron chi connectivity index (χ3n) is 5.80. The molecule has 1 unspecified atom stereocenters. The summed E-state index contributed by atoms with van der Waals surface area (Å²) in [5.74, 6) is 0.568. The van der Waals surface area contributed by atoms with Gasteiger partial charge < -0.3 is 9.47 Å². The van der Waals surface area contributed by atoms with Gasteiger partial charge >= 0.3 is 0 Å². The maximum Gasteiger partial charge on any atom is 0.168 e. The predicted octanol–water partition coefficient (Wildman–Crippen LogP) is 3.99. The number of nitrogens with zero attached hydrogens (tertiary/aromatic N) is 1. The Morgan fingerprint density at radius 1 is 1.18 bits per heavy atom. The molecule has 1 spiro atoms. The van der Waals surface area contributed by atoms with E-state index in [-0.39, 0.29) is 5.79 Å². The fourth-order valence-corrected chi connectivity index (χ4v) is 4.16. The quantitative estimate of drug-likeness (QED) is 0.736. The smallest absolute Gasteiger partial charge is 0.168 e. The Hall–Kier alpha value is -0.380. The molecule has 0 aromatic rings. The highest BCUT2D eigenvalue weighted by Crippen LogP contribution is 2.45. The Morgan fingerprint density at radius 3 is 2.59 bits per heavy atom. The molecule has 2 fully saturated rings. The summed E-state index contributed by atoms with van der Waals surface area (Å²) in [6, 6.07) is 0. The minimum atomic E-state index is -0.242. The fraction of sp³-hybridized carbons (Fsp3) is 0.895. The number of rotatable bonds is 3. The molecule has 0 aromatic carbocycles. The lowest BCUT2D eigenvalue weighted by Crippen LogP contribution is -2.39. The summed E-state index contributed by atoms with van der Waals surface area (Å²) in [7, 11) is 0. The highest BCUT2D eigenvalue weighted by atomic mass is 16.7. The first-order valence-electron chi connectivity index (χ1n) is 9.16. The molecule has 22 heavy (non-hydrogen) atoms. The first-order chi connectivity index (χ1) is 10.5. The molecule has 2 aliphatic heterocycles. The lowest BCUT2D eigenvalue weighted by Gasteiger charge is -2.41. The van der Waals surface area contributed by atoms with Crippen LogP contribution in [0.5, 0.6) is 0 Å². The van der Waals surface area contributed by atoms with E-state index in [1.165, 1.54) is 25.8 Å². The molecule has 3 nitrogen and oxygen atoms in total. The zero-order valence-electron chi connectivity index (χ0n) is 14.6. The van der Waals surface area contributed by atoms with E-state index in [9.17, 15) is 0 Å². The topological polar surface area (TPSA) is 21.7 Å². The fourth-order valence-electron chi connectivity index (χ4n) is 4.16. The van der Waals surface area contributed by atoms with Gasteiger partial charge in [0.05, 0.1) is 12.7 Å². The van der Waals surface area contributed by atoms with E-state index in [0.717, 1.165) is 44.9 Å². The average molecular weight is 307 g/mol. The molecule has 0 radical (unpaired) electrons. The Balaban J connectivity index is 1.43. The lowest BCUT2D eigenvalue weighted by atomic mass is 9.71. The molecule has 3 rings (SSSR count). The molecule has 3 heteroatoms. The highest BCUT2D eigenvalue weighted by Gasteiger charge is 2.45. The minimum Gasteiger partial charge on any atom is -0.347 e. The first kappa shape index (κ1) is 16.5. The van der Waals surface area contributed by atoms with Crippen LogP contribution >= 0.6 is 0 Å². The molecule has 1 saturated heterocycles. The van der Waals surface area contributed by atoms with Crippen molar-refractivity contribution in [2.75, 3.05) is 26.2 Å². The zero-order valence-corrected chi connectivity index (χ0v) is 14.6. The largest absolute Gasteiger partial charge is 0.347 e. The zero-order chi connectivity index (χ0) is 15.6. The van der Waals surface area contributed by atoms with Crippen molar-refractivity contribution in [2.24, 2.45) is 11.3 Å². The third-order valence-corrected chi connectivity index (χ3v) is 5.80. The van der Waals surface area contributed by atoms with Crippen molar-refractivity contribution < 1.29 is 9.47 Å². The normalized spacial score (nSPS) is 37.0. The first-order valence-corrected chi connectivity index (χ1v) is 9.16. The molecule has 2 heterocycles. The Morgan fingerprint density at radius 2 is 1.95 bits per heavy atom. The van der Waals surface area contributed by atoms with Gasteiger partial charge in [0, 0.05) is 32.5 Å². The molecule has 1 aliphatic carbocycles. The van der Waals surface area contributed by atoms with E-state index in [0.29, 0.717) is 11.5 Å². The molecule has 3 aliphatic rings. The molecular weight excluding hydrogens is 274 g/mol. The molecular formula is C19H33NO2. The predicted molar refractivity (Wildman–Crippen MR) is 89.8 cm³/mol. The molecule has 126 valence electrons. The third kappa shape index (κ3) is 3.93. The summed E-state index contributed by atoms with van der Waals surface area (Å²) in [6.07, 6.45) is 11.8. The van der Waals surface area contributed by atoms with Gasteiger partial charge in [0.25, 0.3) is 0 Å². The van der Waals surface area contributed by atoms with Gasteiger partial charge in [-0.25, -0.2) is 0 Å². The number of hydrogen-bond acceptors (Lipinski definition) is 3. The highest BCUT2D eigenvalue weighted by molar-refractivity contribution is 4.92. The summed E-state index contributed by atoms with van der Waals surface area (Å²) in [6.45, 7) is 11.3. The Bertz CT molecular complexity index is 391. The van der Waals surface area contributed by atoms with E-state index in [2.05, 4.69) is 37.8 Å². The van der Waals surface area contributed by atoms with Gasteiger partial charge in [-0.15, -0.1) is 0 Å². The monoisotopic (exact) mass is 307 g/mol. The number of ether oxygens (including phenoxy) is 2. The van der Waals surface area contributed by atoms with E-state index in [4.69, 9.17) is 9.47 Å². The summed E-state index contributed by atoms with van der Waals surface area (Å²) >= 11 is 0. The number of hydrogen-bond donors (Lipinski definition) is 0. The second-order valence-corrected chi connectivity index (χ2v) is 8.45. The van der Waals surface area contributed by atoms with Crippen LogP contribution < -0.4 is 0 Å². The Kier molecular flexibility index (Phi) is 4.96. The van der Waals surface area contributed by atoms with Gasteiger partial charge in [-0.05, 0) is 37.0 Å². The van der Waals surface area contributed by atoms with Crippen molar-refractivity contribution >= 4 is 0 Å². The van der Waals surface area contributed by atoms with Crippen molar-refractivity contribution in [1.29, 1.82) is 0 Å². The van der Waals surface area contributed by atoms with Crippen molar-refractivity contribution in [3.8, 4) is 0 Å². The maximum atomic E-state index is 6.38. The van der Waals surface area contributed by atoms with Gasteiger partial charge in [-0.2, -0.15) is 0 Å². The molecule has 0 aromatic heterocycles. The van der Waals surface area contributed by atoms with E-state index >= 15 is 0 Å². The van der Waals surface area contributed by atoms with Gasteiger partial charge in [0.2, 0.25) is 0 Å². The molecule has 0 amide bonds. The van der Waals surface area contributed by atoms with E-state index in [1.807, 2.05) is 0 Å². The van der Waals surface area contributed by atoms with Crippen LogP contribution in [0.25, 0.3) is 0 Å². The van der Waals surface area contributed by atoms with Crippen LogP contribution in [0.4, 0.5) is 0 Å². The molecule has 0 N–H and O–H groups in total. The van der Waals surface area contributed by atoms with Crippen LogP contribution in [-0.2, 0) is 9.47 Å². The van der Waals surface area contributed by atoms with Crippen molar-refractivity contribution in [3.63, 3.8) is 0 Å². The van der Waals surface area contributed by atoms with E-state index < -0.39 is 0 Å². The summed E-state index contributed by atoms with van der Waals surface area (Å²) in [5.41, 5.74) is 0.418. The van der Waals surface area contributed by atoms with Crippen LogP contribution in [0.15, 0.2) is 12.2 Å². The second-order valence-electron chi connectivity index (χ2n) is 8.45. The van der Waals surface area contributed by atoms with Crippen molar-refractivity contribution in [1.82, 2.24) is 4.90 Å². The Labute approximate surface area is 136 Å². The van der Waals surface area contributed by atoms with E-state index in [1.54, 1.807) is 0 Å². The van der Waals surface area contributed by atoms with Crippen molar-refractivity contribution in [3.05, 3.63) is 12.2 Å². The molecule has 0 bridgehead atoms. The summed E-state index contributed by atoms with van der Waals surface area (Å²) in [5, 5.41) is 0. The summed E-state index contributed by atoms with van der Waals surface area (Å²) < 4.78 is 12.5. The van der Waals surface area contributed by atoms with Gasteiger partial charge in [0.15, 0.2) is 5.79 Å². The van der Waals surface area contributed by atoms with Crippen LogP contribution in [0.3, 0.4) is 0 Å².